The maximum Gasteiger partial charge on any atom is 0.417 e. The number of amides is 1. The van der Waals surface area contributed by atoms with Gasteiger partial charge in [-0.05, 0) is 42.7 Å². The molecule has 0 spiro atoms. The predicted octanol–water partition coefficient (Wildman–Crippen LogP) is 2.28. The van der Waals surface area contributed by atoms with Gasteiger partial charge < -0.3 is 10.2 Å². The average molecular weight is 442 g/mol. The normalized spacial score (nSPS) is 15.8. The molecule has 1 fully saturated rings. The van der Waals surface area contributed by atoms with Crippen molar-refractivity contribution >= 4 is 21.6 Å². The average Bonchev–Trinajstić information content (AvgIpc) is 2.71. The Hall–Kier alpha value is -2.66. The van der Waals surface area contributed by atoms with Gasteiger partial charge in [0.15, 0.2) is 0 Å². The molecule has 0 unspecified atom stereocenters. The van der Waals surface area contributed by atoms with E-state index in [0.717, 1.165) is 17.7 Å². The smallest absolute Gasteiger partial charge is 0.371 e. The van der Waals surface area contributed by atoms with Crippen LogP contribution in [0, 0.1) is 5.92 Å². The molecule has 1 amide bonds. The lowest BCUT2D eigenvalue weighted by molar-refractivity contribution is -0.139. The lowest BCUT2D eigenvalue weighted by Gasteiger charge is -2.33. The number of carbonyl (C=O) groups excluding carboxylic acids is 1. The zero-order chi connectivity index (χ0) is 21.9. The molecule has 1 aromatic heterocycles. The number of nitrogens with two attached hydrogens (primary N) is 1. The predicted molar refractivity (Wildman–Crippen MR) is 104 cm³/mol. The van der Waals surface area contributed by atoms with Gasteiger partial charge in [-0.25, -0.2) is 13.6 Å². The largest absolute Gasteiger partial charge is 0.417 e. The number of nitrogens with one attached hydrogen (secondary N) is 1. The molecule has 30 heavy (non-hydrogen) atoms. The number of hydrogen-bond donors (Lipinski definition) is 2. The van der Waals surface area contributed by atoms with Crippen LogP contribution in [0.1, 0.15) is 24.0 Å². The molecule has 0 radical (unpaired) electrons. The van der Waals surface area contributed by atoms with Crippen molar-refractivity contribution in [1.82, 2.24) is 10.3 Å². The van der Waals surface area contributed by atoms with Gasteiger partial charge in [-0.15, -0.1) is 0 Å². The number of pyridine rings is 1. The first kappa shape index (κ1) is 22.0. The first-order chi connectivity index (χ1) is 14.1. The summed E-state index contributed by atoms with van der Waals surface area (Å²) in [5, 5.41) is 7.76. The van der Waals surface area contributed by atoms with Crippen LogP contribution in [0.4, 0.5) is 18.9 Å². The maximum atomic E-state index is 13.3. The molecule has 1 aromatic carbocycles. The van der Waals surface area contributed by atoms with Gasteiger partial charge in [0.1, 0.15) is 0 Å². The van der Waals surface area contributed by atoms with Crippen molar-refractivity contribution in [1.29, 1.82) is 0 Å². The number of piperidine rings is 1. The van der Waals surface area contributed by atoms with Gasteiger partial charge in [-0.3, -0.25) is 9.78 Å². The number of anilines is 1. The highest BCUT2D eigenvalue weighted by Crippen LogP contribution is 2.37. The minimum absolute atomic E-state index is 0.112. The molecule has 3 rings (SSSR count). The van der Waals surface area contributed by atoms with Crippen molar-refractivity contribution in [2.24, 2.45) is 11.1 Å². The van der Waals surface area contributed by atoms with Crippen LogP contribution in [0.2, 0.25) is 0 Å². The van der Waals surface area contributed by atoms with Crippen LogP contribution in [0.25, 0.3) is 0 Å². The molecule has 0 aliphatic carbocycles. The standard InChI is InChI=1S/C19H21F3N4O3S/c20-19(21,22)16-10-15(3-4-17(16)30(23,28)29)26-8-5-14(6-9-26)18(27)25-12-13-2-1-7-24-11-13/h1-4,7,10-11,14H,5-6,8-9,12H2,(H,25,27)(H2,23,28,29). The number of benzene rings is 1. The molecule has 0 bridgehead atoms. The van der Waals surface area contributed by atoms with Crippen LogP contribution >= 0.6 is 0 Å². The van der Waals surface area contributed by atoms with Crippen LogP contribution in [0.15, 0.2) is 47.6 Å². The molecule has 2 heterocycles. The highest BCUT2D eigenvalue weighted by molar-refractivity contribution is 7.89. The number of sulfonamides is 1. The maximum absolute atomic E-state index is 13.3. The quantitative estimate of drug-likeness (QED) is 0.739. The lowest BCUT2D eigenvalue weighted by atomic mass is 9.95. The Morgan fingerprint density at radius 2 is 1.93 bits per heavy atom. The molecule has 3 N–H and O–H groups in total. The van der Waals surface area contributed by atoms with Crippen molar-refractivity contribution in [3.05, 3.63) is 53.9 Å². The van der Waals surface area contributed by atoms with E-state index in [-0.39, 0.29) is 17.5 Å². The highest BCUT2D eigenvalue weighted by atomic mass is 32.2. The number of hydrogen-bond acceptors (Lipinski definition) is 5. The molecular weight excluding hydrogens is 421 g/mol. The van der Waals surface area contributed by atoms with Gasteiger partial charge in [-0.1, -0.05) is 6.07 Å². The minimum Gasteiger partial charge on any atom is -0.371 e. The van der Waals surface area contributed by atoms with Gasteiger partial charge in [0.05, 0.1) is 10.5 Å². The lowest BCUT2D eigenvalue weighted by Crippen LogP contribution is -2.40. The van der Waals surface area contributed by atoms with Crippen LogP contribution < -0.4 is 15.4 Å². The molecular formula is C19H21F3N4O3S. The van der Waals surface area contributed by atoms with E-state index in [0.29, 0.717) is 32.5 Å². The van der Waals surface area contributed by atoms with Gasteiger partial charge >= 0.3 is 6.18 Å². The fourth-order valence-electron chi connectivity index (χ4n) is 3.42. The minimum atomic E-state index is -4.86. The van der Waals surface area contributed by atoms with E-state index < -0.39 is 26.7 Å². The van der Waals surface area contributed by atoms with Crippen LogP contribution in [0.3, 0.4) is 0 Å². The molecule has 0 saturated carbocycles. The van der Waals surface area contributed by atoms with E-state index in [2.05, 4.69) is 10.3 Å². The van der Waals surface area contributed by atoms with E-state index in [4.69, 9.17) is 5.14 Å². The summed E-state index contributed by atoms with van der Waals surface area (Å²) in [4.78, 5) is 17.1. The number of carbonyl (C=O) groups is 1. The first-order valence-electron chi connectivity index (χ1n) is 9.21. The van der Waals surface area contributed by atoms with Crippen molar-refractivity contribution in [3.8, 4) is 0 Å². The second kappa shape index (κ2) is 8.60. The summed E-state index contributed by atoms with van der Waals surface area (Å²) in [6, 6.07) is 6.59. The van der Waals surface area contributed by atoms with Crippen LogP contribution in [-0.2, 0) is 27.5 Å². The van der Waals surface area contributed by atoms with Crippen molar-refractivity contribution in [3.63, 3.8) is 0 Å². The Labute approximate surface area is 172 Å². The molecule has 1 aliphatic heterocycles. The SMILES string of the molecule is NS(=O)(=O)c1ccc(N2CCC(C(=O)NCc3cccnc3)CC2)cc1C(F)(F)F. The van der Waals surface area contributed by atoms with E-state index >= 15 is 0 Å². The Morgan fingerprint density at radius 1 is 1.23 bits per heavy atom. The monoisotopic (exact) mass is 442 g/mol. The Kier molecular flexibility index (Phi) is 6.32. The Morgan fingerprint density at radius 3 is 2.50 bits per heavy atom. The molecule has 1 saturated heterocycles. The van der Waals surface area contributed by atoms with Gasteiger partial charge in [0.25, 0.3) is 0 Å². The third-order valence-corrected chi connectivity index (χ3v) is 5.96. The van der Waals surface area contributed by atoms with Crippen LogP contribution in [-0.4, -0.2) is 32.4 Å². The highest BCUT2D eigenvalue weighted by Gasteiger charge is 2.37. The summed E-state index contributed by atoms with van der Waals surface area (Å²) in [5.41, 5.74) is -0.180. The number of primary sulfonamides is 1. The summed E-state index contributed by atoms with van der Waals surface area (Å²) in [5.74, 6) is -0.359. The van der Waals surface area contributed by atoms with Crippen molar-refractivity contribution in [2.45, 2.75) is 30.5 Å². The Bertz CT molecular complexity index is 1010. The number of alkyl halides is 3. The third kappa shape index (κ3) is 5.28. The summed E-state index contributed by atoms with van der Waals surface area (Å²) in [6.07, 6.45) is -0.621. The van der Waals surface area contributed by atoms with Crippen molar-refractivity contribution in [2.75, 3.05) is 18.0 Å². The molecule has 0 atom stereocenters. The molecule has 7 nitrogen and oxygen atoms in total. The van der Waals surface area contributed by atoms with Gasteiger partial charge in [-0.2, -0.15) is 13.2 Å². The fourth-order valence-corrected chi connectivity index (χ4v) is 4.16. The summed E-state index contributed by atoms with van der Waals surface area (Å²) in [7, 11) is -4.51. The van der Waals surface area contributed by atoms with E-state index in [9.17, 15) is 26.4 Å². The first-order valence-corrected chi connectivity index (χ1v) is 10.8. The molecule has 162 valence electrons. The van der Waals surface area contributed by atoms with Crippen molar-refractivity contribution < 1.29 is 26.4 Å². The summed E-state index contributed by atoms with van der Waals surface area (Å²) in [6.45, 7) is 1.10. The van der Waals surface area contributed by atoms with E-state index in [1.807, 2.05) is 6.07 Å². The Balaban J connectivity index is 1.65. The topological polar surface area (TPSA) is 105 Å². The zero-order valence-electron chi connectivity index (χ0n) is 15.9. The van der Waals surface area contributed by atoms with Crippen LogP contribution in [0.5, 0.6) is 0 Å². The number of rotatable bonds is 5. The zero-order valence-corrected chi connectivity index (χ0v) is 16.7. The second-order valence-electron chi connectivity index (χ2n) is 7.06. The molecule has 11 heteroatoms. The summed E-state index contributed by atoms with van der Waals surface area (Å²) < 4.78 is 62.9. The number of nitrogens with zero attached hydrogens (tertiary/aromatic N) is 2. The van der Waals surface area contributed by atoms with E-state index in [1.165, 1.54) is 6.07 Å². The molecule has 2 aromatic rings. The number of halogens is 3. The fraction of sp³-hybridized carbons (Fsp3) is 0.368. The van der Waals surface area contributed by atoms with Gasteiger partial charge in [0.2, 0.25) is 15.9 Å². The number of aromatic nitrogens is 1. The van der Waals surface area contributed by atoms with Gasteiger partial charge in [0, 0.05) is 43.6 Å². The second-order valence-corrected chi connectivity index (χ2v) is 8.59. The summed E-state index contributed by atoms with van der Waals surface area (Å²) >= 11 is 0. The van der Waals surface area contributed by atoms with E-state index in [1.54, 1.807) is 23.4 Å². The third-order valence-electron chi connectivity index (χ3n) is 5.00. The molecule has 1 aliphatic rings.